The zero-order valence-electron chi connectivity index (χ0n) is 21.9. The van der Waals surface area contributed by atoms with Crippen molar-refractivity contribution in [1.82, 2.24) is 0 Å². The van der Waals surface area contributed by atoms with Crippen LogP contribution in [0.4, 0.5) is 0 Å². The van der Waals surface area contributed by atoms with Gasteiger partial charge in [0.25, 0.3) is 0 Å². The van der Waals surface area contributed by atoms with Crippen LogP contribution in [0.3, 0.4) is 0 Å². The summed E-state index contributed by atoms with van der Waals surface area (Å²) >= 11 is 0. The minimum Gasteiger partial charge on any atom is -0.400 e. The Morgan fingerprint density at radius 3 is 0.639 bits per heavy atom. The molecule has 0 unspecified atom stereocenters. The van der Waals surface area contributed by atoms with Crippen LogP contribution in [0.25, 0.3) is 22.3 Å². The molecule has 0 spiro atoms. The topological polar surface area (TPSA) is 74.6 Å². The molecule has 6 rings (SSSR count). The van der Waals surface area contributed by atoms with Gasteiger partial charge in [-0.15, -0.1) is 0 Å². The molecule has 0 aliphatic heterocycles. The summed E-state index contributed by atoms with van der Waals surface area (Å²) < 4.78 is 0. The Morgan fingerprint density at radius 2 is 0.472 bits per heavy atom. The molecule has 0 amide bonds. The zero-order valence-corrected chi connectivity index (χ0v) is 21.9. The third-order valence-electron chi connectivity index (χ3n) is 5.27. The quantitative estimate of drug-likeness (QED) is 0.242. The van der Waals surface area contributed by atoms with Crippen LogP contribution < -0.4 is 0 Å². The third kappa shape index (κ3) is 6.22. The molecule has 2 N–H and O–H groups in total. The summed E-state index contributed by atoms with van der Waals surface area (Å²) in [6.07, 6.45) is 0. The predicted molar refractivity (Wildman–Crippen MR) is 150 cm³/mol. The van der Waals surface area contributed by atoms with E-state index in [1.54, 1.807) is 0 Å². The molecule has 4 aromatic carbocycles. The Hall–Kier alpha value is -3.86. The lowest BCUT2D eigenvalue weighted by Crippen LogP contribution is -1.93. The lowest BCUT2D eigenvalue weighted by Gasteiger charge is -1.96. The summed E-state index contributed by atoms with van der Waals surface area (Å²) in [6, 6.07) is 31.0. The second kappa shape index (κ2) is 15.9. The van der Waals surface area contributed by atoms with Crippen LogP contribution in [0.15, 0.2) is 97.1 Å². The van der Waals surface area contributed by atoms with E-state index in [1.807, 2.05) is 125 Å². The largest absolute Gasteiger partial charge is 0.400 e. The van der Waals surface area contributed by atoms with E-state index in [0.717, 1.165) is 58.7 Å². The fourth-order valence-electron chi connectivity index (χ4n) is 3.95. The Morgan fingerprint density at radius 1 is 0.333 bits per heavy atom. The van der Waals surface area contributed by atoms with Crippen molar-refractivity contribution >= 4 is 11.6 Å². The molecule has 0 radical (unpaired) electrons. The molecule has 0 atom stereocenters. The molecule has 0 saturated carbocycles. The molecule has 2 aliphatic carbocycles. The molecular formula is C32H36O4. The predicted octanol–water partition coefficient (Wildman–Crippen LogP) is 7.07. The summed E-state index contributed by atoms with van der Waals surface area (Å²) in [6.45, 7) is 8.00. The molecule has 4 aromatic rings. The molecule has 36 heavy (non-hydrogen) atoms. The number of fused-ring (bicyclic) bond motifs is 6. The van der Waals surface area contributed by atoms with Gasteiger partial charge in [0.05, 0.1) is 0 Å². The van der Waals surface area contributed by atoms with E-state index >= 15 is 0 Å². The first kappa shape index (κ1) is 30.2. The smallest absolute Gasteiger partial charge is 0.194 e. The average Bonchev–Trinajstić information content (AvgIpc) is 3.45. The molecule has 4 heteroatoms. The Balaban J connectivity index is 0.000000283. The number of hydrogen-bond acceptors (Lipinski definition) is 4. The molecule has 0 fully saturated rings. The fraction of sp³-hybridized carbons (Fsp3) is 0.188. The van der Waals surface area contributed by atoms with E-state index in [-0.39, 0.29) is 11.6 Å². The van der Waals surface area contributed by atoms with Crippen LogP contribution in [0.2, 0.25) is 0 Å². The summed E-state index contributed by atoms with van der Waals surface area (Å²) in [5.41, 5.74) is 7.56. The van der Waals surface area contributed by atoms with Crippen molar-refractivity contribution in [2.24, 2.45) is 0 Å². The molecule has 188 valence electrons. The van der Waals surface area contributed by atoms with Crippen LogP contribution in [0.1, 0.15) is 59.5 Å². The average molecular weight is 485 g/mol. The summed E-state index contributed by atoms with van der Waals surface area (Å²) in [7, 11) is 2.00. The van der Waals surface area contributed by atoms with Crippen molar-refractivity contribution in [1.29, 1.82) is 0 Å². The van der Waals surface area contributed by atoms with Gasteiger partial charge in [-0.25, -0.2) is 0 Å². The lowest BCUT2D eigenvalue weighted by molar-refractivity contribution is 0.103. The van der Waals surface area contributed by atoms with Gasteiger partial charge in [0.2, 0.25) is 0 Å². The monoisotopic (exact) mass is 484 g/mol. The molecule has 0 aromatic heterocycles. The standard InChI is InChI=1S/2C13H8O.2C2H6.2CH4O/c2*14-13-11-7-3-1-5-9(11)10-6-2-4-8-12(10)13;4*1-2/h2*1-8H;2*1-2H3;2*2H,1H3. The normalized spacial score (nSPS) is 10.3. The van der Waals surface area contributed by atoms with Crippen molar-refractivity contribution in [3.05, 3.63) is 119 Å². The molecule has 0 heterocycles. The maximum atomic E-state index is 11.9. The van der Waals surface area contributed by atoms with Gasteiger partial charge in [0.1, 0.15) is 0 Å². The Kier molecular flexibility index (Phi) is 13.4. The number of carbonyl (C=O) groups excluding carboxylic acids is 2. The van der Waals surface area contributed by atoms with E-state index < -0.39 is 0 Å². The van der Waals surface area contributed by atoms with E-state index in [9.17, 15) is 9.59 Å². The van der Waals surface area contributed by atoms with Crippen LogP contribution in [-0.4, -0.2) is 36.0 Å². The number of carbonyl (C=O) groups is 2. The third-order valence-corrected chi connectivity index (χ3v) is 5.27. The van der Waals surface area contributed by atoms with Crippen LogP contribution >= 0.6 is 0 Å². The first-order valence-corrected chi connectivity index (χ1v) is 12.1. The van der Waals surface area contributed by atoms with Crippen molar-refractivity contribution in [3.8, 4) is 22.3 Å². The highest BCUT2D eigenvalue weighted by atomic mass is 16.2. The van der Waals surface area contributed by atoms with Crippen molar-refractivity contribution in [2.45, 2.75) is 27.7 Å². The van der Waals surface area contributed by atoms with E-state index in [1.165, 1.54) is 0 Å². The van der Waals surface area contributed by atoms with Gasteiger partial charge in [0, 0.05) is 36.5 Å². The second-order valence-corrected chi connectivity index (χ2v) is 6.84. The summed E-state index contributed by atoms with van der Waals surface area (Å²) in [4.78, 5) is 23.8. The number of rotatable bonds is 0. The molecule has 0 saturated heterocycles. The minimum atomic E-state index is 0.149. The maximum Gasteiger partial charge on any atom is 0.194 e. The second-order valence-electron chi connectivity index (χ2n) is 6.84. The van der Waals surface area contributed by atoms with Crippen LogP contribution in [-0.2, 0) is 0 Å². The van der Waals surface area contributed by atoms with Gasteiger partial charge in [-0.05, 0) is 22.3 Å². The fourth-order valence-corrected chi connectivity index (χ4v) is 3.95. The number of hydrogen-bond donors (Lipinski definition) is 2. The molecule has 2 aliphatic rings. The number of benzene rings is 4. The van der Waals surface area contributed by atoms with Gasteiger partial charge >= 0.3 is 0 Å². The minimum absolute atomic E-state index is 0.149. The van der Waals surface area contributed by atoms with Crippen molar-refractivity contribution in [2.75, 3.05) is 14.2 Å². The lowest BCUT2D eigenvalue weighted by atomic mass is 10.1. The first-order valence-electron chi connectivity index (χ1n) is 12.1. The van der Waals surface area contributed by atoms with E-state index in [2.05, 4.69) is 0 Å². The first-order chi connectivity index (χ1) is 17.8. The number of aliphatic hydroxyl groups excluding tert-OH is 2. The highest BCUT2D eigenvalue weighted by Gasteiger charge is 2.25. The summed E-state index contributed by atoms with van der Waals surface area (Å²) in [5.74, 6) is 0.299. The zero-order chi connectivity index (χ0) is 27.1. The molecule has 0 bridgehead atoms. The van der Waals surface area contributed by atoms with Gasteiger partial charge < -0.3 is 10.2 Å². The van der Waals surface area contributed by atoms with E-state index in [0.29, 0.717) is 0 Å². The molecule has 4 nitrogen and oxygen atoms in total. The SMILES string of the molecule is CC.CC.CO.CO.O=C1c2ccccc2-c2ccccc21.O=C1c2ccccc2-c2ccccc21. The Bertz CT molecular complexity index is 1060. The van der Waals surface area contributed by atoms with E-state index in [4.69, 9.17) is 10.2 Å². The maximum absolute atomic E-state index is 11.9. The van der Waals surface area contributed by atoms with Gasteiger partial charge in [-0.3, -0.25) is 9.59 Å². The van der Waals surface area contributed by atoms with Gasteiger partial charge in [-0.2, -0.15) is 0 Å². The molecular weight excluding hydrogens is 448 g/mol. The highest BCUT2D eigenvalue weighted by Crippen LogP contribution is 2.36. The van der Waals surface area contributed by atoms with Crippen LogP contribution in [0.5, 0.6) is 0 Å². The number of ketones is 2. The van der Waals surface area contributed by atoms with Crippen molar-refractivity contribution < 1.29 is 19.8 Å². The van der Waals surface area contributed by atoms with Gasteiger partial charge in [-0.1, -0.05) is 125 Å². The summed E-state index contributed by atoms with van der Waals surface area (Å²) in [5, 5.41) is 14.0. The van der Waals surface area contributed by atoms with Crippen molar-refractivity contribution in [3.63, 3.8) is 0 Å². The highest BCUT2D eigenvalue weighted by molar-refractivity contribution is 6.22. The van der Waals surface area contributed by atoms with Crippen LogP contribution in [0, 0.1) is 0 Å². The Labute approximate surface area is 214 Å². The number of aliphatic hydroxyl groups is 2. The van der Waals surface area contributed by atoms with Gasteiger partial charge in [0.15, 0.2) is 11.6 Å².